The number of halogens is 2. The Bertz CT molecular complexity index is 1700. The number of fused-ring (bicyclic) bond motifs is 2. The molecule has 41 heavy (non-hydrogen) atoms. The summed E-state index contributed by atoms with van der Waals surface area (Å²) in [6, 6.07) is 14.4. The lowest BCUT2D eigenvalue weighted by atomic mass is 9.78. The van der Waals surface area contributed by atoms with Crippen LogP contribution in [-0.4, -0.2) is 27.1 Å². The first-order chi connectivity index (χ1) is 19.1. The molecule has 0 fully saturated rings. The predicted octanol–water partition coefficient (Wildman–Crippen LogP) is 8.41. The molecule has 1 aliphatic heterocycles. The summed E-state index contributed by atoms with van der Waals surface area (Å²) in [5.74, 6) is -0.522. The highest BCUT2D eigenvalue weighted by Gasteiger charge is 2.42. The standard InChI is InChI=1S/C32H30Br2N2O5/c1-31(2,3)18-14-17(15-19(28(18)37)32(4,5)6)30(39)41-23-9-7-8-16-10-13-22(35-25(16)23)27-29(38)24-20(33)11-12-21(34)26(24)36(27)40/h7-15,27,37,40H,1-6H3. The number of para-hydroxylation sites is 1. The number of Topliss-reactive ketones (excluding diaryl/α,β-unsaturated/α-hetero) is 1. The van der Waals surface area contributed by atoms with Crippen molar-refractivity contribution in [3.63, 3.8) is 0 Å². The van der Waals surface area contributed by atoms with Crippen molar-refractivity contribution in [3.8, 4) is 11.5 Å². The largest absolute Gasteiger partial charge is 0.507 e. The van der Waals surface area contributed by atoms with Gasteiger partial charge in [0.05, 0.1) is 22.5 Å². The van der Waals surface area contributed by atoms with Crippen LogP contribution in [0.1, 0.15) is 85.1 Å². The molecule has 0 aliphatic carbocycles. The molecule has 0 spiro atoms. The Labute approximate surface area is 255 Å². The minimum atomic E-state index is -1.08. The van der Waals surface area contributed by atoms with E-state index < -0.39 is 22.8 Å². The Balaban J connectivity index is 1.56. The van der Waals surface area contributed by atoms with Gasteiger partial charge in [-0.05, 0) is 79.1 Å². The van der Waals surface area contributed by atoms with Crippen LogP contribution in [0.15, 0.2) is 63.5 Å². The average molecular weight is 682 g/mol. The van der Waals surface area contributed by atoms with Crippen molar-refractivity contribution in [2.75, 3.05) is 5.06 Å². The van der Waals surface area contributed by atoms with E-state index in [2.05, 4.69) is 31.9 Å². The molecule has 2 heterocycles. The summed E-state index contributed by atoms with van der Waals surface area (Å²) in [5.41, 5.74) is 2.16. The second kappa shape index (κ2) is 10.2. The van der Waals surface area contributed by atoms with Crippen molar-refractivity contribution < 1.29 is 24.6 Å². The van der Waals surface area contributed by atoms with E-state index in [9.17, 15) is 19.9 Å². The number of pyridine rings is 1. The van der Waals surface area contributed by atoms with Gasteiger partial charge in [0, 0.05) is 25.5 Å². The van der Waals surface area contributed by atoms with Crippen molar-refractivity contribution >= 4 is 60.2 Å². The van der Waals surface area contributed by atoms with Gasteiger partial charge in [0.25, 0.3) is 0 Å². The van der Waals surface area contributed by atoms with Crippen LogP contribution in [0.2, 0.25) is 0 Å². The van der Waals surface area contributed by atoms with Crippen molar-refractivity contribution in [2.45, 2.75) is 58.4 Å². The number of aromatic hydroxyl groups is 1. The molecule has 7 nitrogen and oxygen atoms in total. The molecule has 1 aliphatic rings. The molecule has 2 N–H and O–H groups in total. The Morgan fingerprint density at radius 3 is 2.12 bits per heavy atom. The lowest BCUT2D eigenvalue weighted by molar-refractivity contribution is 0.0735. The third-order valence-corrected chi connectivity index (χ3v) is 8.50. The molecule has 9 heteroatoms. The molecule has 4 aromatic rings. The monoisotopic (exact) mass is 680 g/mol. The summed E-state index contributed by atoms with van der Waals surface area (Å²) in [6.07, 6.45) is 0. The molecule has 1 unspecified atom stereocenters. The zero-order chi connectivity index (χ0) is 30.0. The molecule has 5 rings (SSSR count). The Hall–Kier alpha value is -3.27. The molecule has 0 amide bonds. The average Bonchev–Trinajstić information content (AvgIpc) is 3.16. The Morgan fingerprint density at radius 2 is 1.54 bits per heavy atom. The SMILES string of the molecule is CC(C)(C)c1cc(C(=O)Oc2cccc3ccc(C4C(=O)c5c(Br)ccc(Br)c5N4O)nc23)cc(C(C)(C)C)c1O. The van der Waals surface area contributed by atoms with Crippen LogP contribution in [0.25, 0.3) is 10.9 Å². The number of carbonyl (C=O) groups is 2. The van der Waals surface area contributed by atoms with Gasteiger partial charge in [0.1, 0.15) is 11.3 Å². The van der Waals surface area contributed by atoms with Gasteiger partial charge in [-0.1, -0.05) is 59.7 Å². The fraction of sp³-hybridized carbons (Fsp3) is 0.281. The number of hydrogen-bond donors (Lipinski definition) is 2. The number of ether oxygens (including phenoxy) is 1. The molecule has 0 radical (unpaired) electrons. The number of anilines is 1. The number of hydroxylamine groups is 1. The zero-order valence-electron chi connectivity index (χ0n) is 23.5. The quantitative estimate of drug-likeness (QED) is 0.165. The van der Waals surface area contributed by atoms with Crippen LogP contribution in [0.5, 0.6) is 11.5 Å². The summed E-state index contributed by atoms with van der Waals surface area (Å²) in [4.78, 5) is 31.7. The van der Waals surface area contributed by atoms with E-state index in [1.807, 2.05) is 47.6 Å². The Morgan fingerprint density at radius 1 is 0.927 bits per heavy atom. The van der Waals surface area contributed by atoms with Gasteiger partial charge >= 0.3 is 5.97 Å². The van der Waals surface area contributed by atoms with Crippen molar-refractivity contribution in [3.05, 3.63) is 91.5 Å². The zero-order valence-corrected chi connectivity index (χ0v) is 26.7. The Kier molecular flexibility index (Phi) is 7.29. The van der Waals surface area contributed by atoms with E-state index in [1.54, 1.807) is 48.5 Å². The van der Waals surface area contributed by atoms with Crippen molar-refractivity contribution in [1.29, 1.82) is 0 Å². The lowest BCUT2D eigenvalue weighted by Crippen LogP contribution is -2.25. The van der Waals surface area contributed by atoms with E-state index in [0.717, 1.165) is 5.06 Å². The molecule has 0 bridgehead atoms. The molecule has 0 saturated heterocycles. The maximum atomic E-state index is 13.6. The summed E-state index contributed by atoms with van der Waals surface area (Å²) in [6.45, 7) is 11.9. The molecular weight excluding hydrogens is 652 g/mol. The molecule has 0 saturated carbocycles. The molecule has 212 valence electrons. The van der Waals surface area contributed by atoms with Crippen molar-refractivity contribution in [1.82, 2.24) is 4.98 Å². The summed E-state index contributed by atoms with van der Waals surface area (Å²) in [7, 11) is 0. The number of carbonyl (C=O) groups excluding carboxylic acids is 2. The maximum Gasteiger partial charge on any atom is 0.343 e. The first kappa shape index (κ1) is 29.2. The lowest BCUT2D eigenvalue weighted by Gasteiger charge is -2.28. The molecule has 3 aromatic carbocycles. The minimum Gasteiger partial charge on any atom is -0.507 e. The van der Waals surface area contributed by atoms with E-state index in [0.29, 0.717) is 53.5 Å². The smallest absolute Gasteiger partial charge is 0.343 e. The molecule has 1 atom stereocenters. The van der Waals surface area contributed by atoms with Crippen LogP contribution < -0.4 is 9.80 Å². The van der Waals surface area contributed by atoms with E-state index >= 15 is 0 Å². The number of aromatic nitrogens is 1. The first-order valence-corrected chi connectivity index (χ1v) is 14.7. The number of esters is 1. The van der Waals surface area contributed by atoms with Gasteiger partial charge in [-0.25, -0.2) is 14.8 Å². The minimum absolute atomic E-state index is 0.173. The van der Waals surface area contributed by atoms with E-state index in [-0.39, 0.29) is 17.3 Å². The third kappa shape index (κ3) is 5.15. The fourth-order valence-electron chi connectivity index (χ4n) is 5.06. The fourth-order valence-corrected chi connectivity index (χ4v) is 6.09. The van der Waals surface area contributed by atoms with Gasteiger partial charge in [-0.15, -0.1) is 0 Å². The number of phenolic OH excluding ortho intramolecular Hbond substituents is 1. The molecular formula is C32H30Br2N2O5. The van der Waals surface area contributed by atoms with Crippen LogP contribution in [0, 0.1) is 0 Å². The predicted molar refractivity (Wildman–Crippen MR) is 165 cm³/mol. The summed E-state index contributed by atoms with van der Waals surface area (Å²) in [5, 5.41) is 23.7. The number of phenols is 1. The highest BCUT2D eigenvalue weighted by Crippen LogP contribution is 2.46. The number of hydrogen-bond acceptors (Lipinski definition) is 7. The van der Waals surface area contributed by atoms with Crippen LogP contribution in [0.4, 0.5) is 5.69 Å². The third-order valence-electron chi connectivity index (χ3n) is 7.20. The van der Waals surface area contributed by atoms with E-state index in [1.165, 1.54) is 0 Å². The number of nitrogens with zero attached hydrogens (tertiary/aromatic N) is 2. The topological polar surface area (TPSA) is 100.0 Å². The van der Waals surface area contributed by atoms with Crippen molar-refractivity contribution in [2.24, 2.45) is 0 Å². The molecule has 1 aromatic heterocycles. The van der Waals surface area contributed by atoms with Crippen LogP contribution in [-0.2, 0) is 10.8 Å². The van der Waals surface area contributed by atoms with Gasteiger partial charge in [0.2, 0.25) is 0 Å². The van der Waals surface area contributed by atoms with Gasteiger partial charge in [-0.3, -0.25) is 10.0 Å². The first-order valence-electron chi connectivity index (χ1n) is 13.1. The highest BCUT2D eigenvalue weighted by atomic mass is 79.9. The van der Waals surface area contributed by atoms with Gasteiger partial charge in [0.15, 0.2) is 17.6 Å². The maximum absolute atomic E-state index is 13.6. The summed E-state index contributed by atoms with van der Waals surface area (Å²) >= 11 is 6.84. The van der Waals surface area contributed by atoms with Crippen LogP contribution >= 0.6 is 31.9 Å². The summed E-state index contributed by atoms with van der Waals surface area (Å²) < 4.78 is 7.04. The van der Waals surface area contributed by atoms with Gasteiger partial charge < -0.3 is 9.84 Å². The number of benzene rings is 3. The number of ketones is 1. The van der Waals surface area contributed by atoms with E-state index in [4.69, 9.17) is 9.72 Å². The second-order valence-electron chi connectivity index (χ2n) is 12.2. The second-order valence-corrected chi connectivity index (χ2v) is 13.9. The normalized spacial score (nSPS) is 15.4. The number of rotatable bonds is 3. The van der Waals surface area contributed by atoms with Crippen LogP contribution in [0.3, 0.4) is 0 Å². The van der Waals surface area contributed by atoms with Gasteiger partial charge in [-0.2, -0.15) is 0 Å². The highest BCUT2D eigenvalue weighted by molar-refractivity contribution is 9.11.